The van der Waals surface area contributed by atoms with Gasteiger partial charge in [-0.1, -0.05) is 18.6 Å². The molecule has 0 atom stereocenters. The van der Waals surface area contributed by atoms with Crippen molar-refractivity contribution in [2.24, 2.45) is 0 Å². The van der Waals surface area contributed by atoms with E-state index in [4.69, 9.17) is 9.15 Å². The van der Waals surface area contributed by atoms with Crippen molar-refractivity contribution < 1.29 is 13.9 Å². The number of nitrogens with zero attached hydrogens (tertiary/aromatic N) is 3. The number of carbonyl (C=O) groups excluding carboxylic acids is 1. The number of methoxy groups -OCH3 is 1. The molecule has 0 radical (unpaired) electrons. The van der Waals surface area contributed by atoms with Crippen LogP contribution in [0.25, 0.3) is 11.5 Å². The molecule has 3 aromatic rings. The van der Waals surface area contributed by atoms with Crippen molar-refractivity contribution in [2.45, 2.75) is 52.1 Å². The third-order valence-corrected chi connectivity index (χ3v) is 5.65. The van der Waals surface area contributed by atoms with E-state index in [-0.39, 0.29) is 12.5 Å². The summed E-state index contributed by atoms with van der Waals surface area (Å²) in [5.41, 5.74) is 3.85. The summed E-state index contributed by atoms with van der Waals surface area (Å²) in [5.74, 6) is 2.42. The quantitative estimate of drug-likeness (QED) is 0.660. The highest BCUT2D eigenvalue weighted by molar-refractivity contribution is 5.76. The molecular formula is C22H26N4O3. The molecule has 0 spiro atoms. The van der Waals surface area contributed by atoms with E-state index in [2.05, 4.69) is 15.5 Å². The largest absolute Gasteiger partial charge is 0.497 e. The van der Waals surface area contributed by atoms with Crippen LogP contribution in [-0.2, 0) is 17.9 Å². The minimum atomic E-state index is -0.0464. The number of ether oxygens (including phenoxy) is 1. The zero-order chi connectivity index (χ0) is 20.4. The van der Waals surface area contributed by atoms with Crippen LogP contribution in [-0.4, -0.2) is 27.8 Å². The minimum absolute atomic E-state index is 0.0464. The lowest BCUT2D eigenvalue weighted by molar-refractivity contribution is -0.121. The van der Waals surface area contributed by atoms with Crippen LogP contribution in [0.4, 0.5) is 0 Å². The number of rotatable bonds is 7. The third-order valence-electron chi connectivity index (χ3n) is 5.65. The zero-order valence-electron chi connectivity index (χ0n) is 17.1. The number of hydrogen-bond acceptors (Lipinski definition) is 5. The van der Waals surface area contributed by atoms with Crippen molar-refractivity contribution in [3.05, 3.63) is 53.2 Å². The Morgan fingerprint density at radius 3 is 2.66 bits per heavy atom. The highest BCUT2D eigenvalue weighted by atomic mass is 16.5. The van der Waals surface area contributed by atoms with Crippen LogP contribution in [0.3, 0.4) is 0 Å². The van der Waals surface area contributed by atoms with Crippen molar-refractivity contribution in [1.82, 2.24) is 20.1 Å². The molecule has 7 heteroatoms. The molecule has 7 nitrogen and oxygen atoms in total. The Kier molecular flexibility index (Phi) is 5.38. The highest BCUT2D eigenvalue weighted by Crippen LogP contribution is 2.37. The number of carbonyl (C=O) groups is 1. The molecule has 1 saturated carbocycles. The first-order valence-electron chi connectivity index (χ1n) is 9.95. The smallest absolute Gasteiger partial charge is 0.249 e. The highest BCUT2D eigenvalue weighted by Gasteiger charge is 2.26. The second-order valence-electron chi connectivity index (χ2n) is 7.57. The van der Waals surface area contributed by atoms with Gasteiger partial charge in [0.2, 0.25) is 17.7 Å². The van der Waals surface area contributed by atoms with E-state index < -0.39 is 0 Å². The molecule has 0 unspecified atom stereocenters. The molecule has 4 rings (SSSR count). The van der Waals surface area contributed by atoms with Crippen LogP contribution in [0.2, 0.25) is 0 Å². The molecule has 29 heavy (non-hydrogen) atoms. The van der Waals surface area contributed by atoms with Gasteiger partial charge in [0.15, 0.2) is 0 Å². The Morgan fingerprint density at radius 1 is 1.24 bits per heavy atom. The van der Waals surface area contributed by atoms with Crippen molar-refractivity contribution in [2.75, 3.05) is 7.11 Å². The fraction of sp³-hybridized carbons (Fsp3) is 0.409. The third kappa shape index (κ3) is 4.04. The van der Waals surface area contributed by atoms with Gasteiger partial charge in [0.05, 0.1) is 12.7 Å². The van der Waals surface area contributed by atoms with E-state index >= 15 is 0 Å². The van der Waals surface area contributed by atoms with Crippen molar-refractivity contribution >= 4 is 5.91 Å². The van der Waals surface area contributed by atoms with Gasteiger partial charge in [-0.05, 0) is 50.5 Å². The number of aryl methyl sites for hydroxylation is 1. The summed E-state index contributed by atoms with van der Waals surface area (Å²) >= 11 is 0. The van der Waals surface area contributed by atoms with E-state index in [1.807, 2.05) is 48.7 Å². The molecule has 1 fully saturated rings. The van der Waals surface area contributed by atoms with Crippen LogP contribution in [0.5, 0.6) is 5.75 Å². The van der Waals surface area contributed by atoms with Crippen molar-refractivity contribution in [3.8, 4) is 17.2 Å². The molecule has 1 aromatic carbocycles. The fourth-order valence-corrected chi connectivity index (χ4v) is 3.57. The molecule has 152 valence electrons. The van der Waals surface area contributed by atoms with Crippen LogP contribution in [0.1, 0.15) is 48.0 Å². The number of hydrogen-bond donors (Lipinski definition) is 1. The predicted molar refractivity (Wildman–Crippen MR) is 109 cm³/mol. The van der Waals surface area contributed by atoms with Gasteiger partial charge in [-0.15, -0.1) is 10.2 Å². The molecule has 2 aromatic heterocycles. The Balaban J connectivity index is 1.41. The monoisotopic (exact) mass is 394 g/mol. The lowest BCUT2D eigenvalue weighted by Crippen LogP contribution is -2.27. The maximum Gasteiger partial charge on any atom is 0.249 e. The van der Waals surface area contributed by atoms with Crippen LogP contribution in [0, 0.1) is 13.8 Å². The van der Waals surface area contributed by atoms with E-state index in [0.29, 0.717) is 18.4 Å². The lowest BCUT2D eigenvalue weighted by Gasteiger charge is -2.20. The number of nitrogens with one attached hydrogen (secondary N) is 1. The van der Waals surface area contributed by atoms with Crippen LogP contribution < -0.4 is 10.1 Å². The molecule has 1 aliphatic rings. The fourth-order valence-electron chi connectivity index (χ4n) is 3.57. The van der Waals surface area contributed by atoms with Crippen molar-refractivity contribution in [3.63, 3.8) is 0 Å². The Morgan fingerprint density at radius 2 is 2.00 bits per heavy atom. The molecule has 0 aliphatic heterocycles. The zero-order valence-corrected chi connectivity index (χ0v) is 17.1. The summed E-state index contributed by atoms with van der Waals surface area (Å²) in [4.78, 5) is 12.5. The number of benzene rings is 1. The second-order valence-corrected chi connectivity index (χ2v) is 7.57. The summed E-state index contributed by atoms with van der Waals surface area (Å²) in [6, 6.07) is 9.66. The molecule has 1 N–H and O–H groups in total. The average molecular weight is 394 g/mol. The number of aromatic nitrogens is 3. The van der Waals surface area contributed by atoms with Gasteiger partial charge >= 0.3 is 0 Å². The molecule has 2 heterocycles. The van der Waals surface area contributed by atoms with E-state index in [1.54, 1.807) is 7.11 Å². The summed E-state index contributed by atoms with van der Waals surface area (Å²) in [7, 11) is 1.63. The normalized spacial score (nSPS) is 13.9. The van der Waals surface area contributed by atoms with Gasteiger partial charge in [-0.25, -0.2) is 0 Å². The second kappa shape index (κ2) is 8.11. The summed E-state index contributed by atoms with van der Waals surface area (Å²) in [6.07, 6.45) is 3.46. The maximum absolute atomic E-state index is 12.5. The molecule has 1 aliphatic carbocycles. The average Bonchev–Trinajstić information content (AvgIpc) is 3.25. The standard InChI is InChI=1S/C22H26N4O3/c1-14-11-19(22-25-24-21(29-22)17-5-4-6-17)15(2)26(14)13-20(27)23-12-16-7-9-18(28-3)10-8-16/h7-11,17H,4-6,12-13H2,1-3H3,(H,23,27). The van der Waals surface area contributed by atoms with E-state index in [0.717, 1.165) is 47.0 Å². The Labute approximate surface area is 170 Å². The number of amides is 1. The van der Waals surface area contributed by atoms with Crippen molar-refractivity contribution in [1.29, 1.82) is 0 Å². The van der Waals surface area contributed by atoms with Crippen LogP contribution in [0.15, 0.2) is 34.7 Å². The molecule has 0 saturated heterocycles. The molecule has 1 amide bonds. The van der Waals surface area contributed by atoms with Gasteiger partial charge < -0.3 is 19.0 Å². The van der Waals surface area contributed by atoms with Crippen LogP contribution >= 0.6 is 0 Å². The first-order chi connectivity index (χ1) is 14.0. The summed E-state index contributed by atoms with van der Waals surface area (Å²) < 4.78 is 13.0. The van der Waals surface area contributed by atoms with Gasteiger partial charge in [-0.3, -0.25) is 4.79 Å². The SMILES string of the molecule is COc1ccc(CNC(=O)Cn2c(C)cc(-c3nnc(C4CCC4)o3)c2C)cc1. The molecule has 0 bridgehead atoms. The Hall–Kier alpha value is -3.09. The predicted octanol–water partition coefficient (Wildman–Crippen LogP) is 3.75. The first kappa shape index (κ1) is 19.2. The topological polar surface area (TPSA) is 82.2 Å². The summed E-state index contributed by atoms with van der Waals surface area (Å²) in [6.45, 7) is 4.68. The van der Waals surface area contributed by atoms with Gasteiger partial charge in [-0.2, -0.15) is 0 Å². The Bertz CT molecular complexity index is 1000. The van der Waals surface area contributed by atoms with Gasteiger partial charge in [0, 0.05) is 23.9 Å². The minimum Gasteiger partial charge on any atom is -0.497 e. The first-order valence-corrected chi connectivity index (χ1v) is 9.95. The lowest BCUT2D eigenvalue weighted by atomic mass is 9.85. The van der Waals surface area contributed by atoms with E-state index in [9.17, 15) is 4.79 Å². The van der Waals surface area contributed by atoms with Gasteiger partial charge in [0.25, 0.3) is 0 Å². The van der Waals surface area contributed by atoms with E-state index in [1.165, 1.54) is 6.42 Å². The maximum atomic E-state index is 12.5. The molecular weight excluding hydrogens is 368 g/mol. The van der Waals surface area contributed by atoms with Gasteiger partial charge in [0.1, 0.15) is 12.3 Å². The summed E-state index contributed by atoms with van der Waals surface area (Å²) in [5, 5.41) is 11.4.